The molecule has 0 aliphatic heterocycles. The number of rotatable bonds is 3. The summed E-state index contributed by atoms with van der Waals surface area (Å²) in [6.45, 7) is 1.85. The summed E-state index contributed by atoms with van der Waals surface area (Å²) >= 11 is 11.9. The Morgan fingerprint density at radius 2 is 2.18 bits per heavy atom. The fourth-order valence-electron chi connectivity index (χ4n) is 1.38. The number of hydrogen-bond donors (Lipinski definition) is 0. The number of halogens is 2. The lowest BCUT2D eigenvalue weighted by molar-refractivity contribution is 0.414. The Morgan fingerprint density at radius 1 is 1.41 bits per heavy atom. The highest BCUT2D eigenvalue weighted by Crippen LogP contribution is 2.27. The van der Waals surface area contributed by atoms with E-state index >= 15 is 0 Å². The third-order valence-corrected chi connectivity index (χ3v) is 2.85. The molecule has 1 aromatic carbocycles. The van der Waals surface area contributed by atoms with E-state index in [2.05, 4.69) is 10.3 Å². The first-order valence-electron chi connectivity index (χ1n) is 5.02. The van der Waals surface area contributed by atoms with Gasteiger partial charge in [-0.15, -0.1) is 16.7 Å². The highest BCUT2D eigenvalue weighted by molar-refractivity contribution is 6.32. The molecule has 1 unspecified atom stereocenters. The van der Waals surface area contributed by atoms with Gasteiger partial charge < -0.3 is 4.74 Å². The van der Waals surface area contributed by atoms with Crippen LogP contribution >= 0.6 is 23.2 Å². The van der Waals surface area contributed by atoms with Gasteiger partial charge in [-0.25, -0.2) is 4.68 Å². The Kier molecular flexibility index (Phi) is 3.54. The quantitative estimate of drug-likeness (QED) is 0.805. The second-order valence-electron chi connectivity index (χ2n) is 3.52. The van der Waals surface area contributed by atoms with Crippen molar-refractivity contribution in [2.75, 3.05) is 7.11 Å². The Labute approximate surface area is 109 Å². The SMILES string of the molecule is COc1cc(-n2cc(C(C)Cl)nn2)ccc1Cl. The maximum Gasteiger partial charge on any atom is 0.139 e. The van der Waals surface area contributed by atoms with Crippen LogP contribution in [0.1, 0.15) is 18.0 Å². The van der Waals surface area contributed by atoms with Gasteiger partial charge in [0.25, 0.3) is 0 Å². The van der Waals surface area contributed by atoms with Gasteiger partial charge >= 0.3 is 0 Å². The summed E-state index contributed by atoms with van der Waals surface area (Å²) in [6, 6.07) is 5.38. The van der Waals surface area contributed by atoms with E-state index in [4.69, 9.17) is 27.9 Å². The maximum absolute atomic E-state index is 5.95. The summed E-state index contributed by atoms with van der Waals surface area (Å²) in [4.78, 5) is 0. The van der Waals surface area contributed by atoms with Crippen LogP contribution in [0.25, 0.3) is 5.69 Å². The minimum Gasteiger partial charge on any atom is -0.495 e. The van der Waals surface area contributed by atoms with Gasteiger partial charge in [0.2, 0.25) is 0 Å². The van der Waals surface area contributed by atoms with E-state index in [9.17, 15) is 0 Å². The molecule has 0 fully saturated rings. The van der Waals surface area contributed by atoms with Crippen molar-refractivity contribution in [3.8, 4) is 11.4 Å². The number of benzene rings is 1. The summed E-state index contributed by atoms with van der Waals surface area (Å²) in [5, 5.41) is 8.36. The molecular weight excluding hydrogens is 261 g/mol. The third kappa shape index (κ3) is 2.53. The zero-order valence-corrected chi connectivity index (χ0v) is 10.9. The highest BCUT2D eigenvalue weighted by Gasteiger charge is 2.09. The van der Waals surface area contributed by atoms with Crippen LogP contribution in [0.2, 0.25) is 5.02 Å². The molecule has 0 aliphatic carbocycles. The summed E-state index contributed by atoms with van der Waals surface area (Å²) in [5.41, 5.74) is 1.54. The Morgan fingerprint density at radius 3 is 2.76 bits per heavy atom. The lowest BCUT2D eigenvalue weighted by Gasteiger charge is -2.05. The van der Waals surface area contributed by atoms with Gasteiger partial charge in [-0.1, -0.05) is 16.8 Å². The Bertz CT molecular complexity index is 525. The van der Waals surface area contributed by atoms with Gasteiger partial charge in [0.05, 0.1) is 29.4 Å². The Hall–Kier alpha value is -1.26. The maximum atomic E-state index is 5.95. The monoisotopic (exact) mass is 271 g/mol. The van der Waals surface area contributed by atoms with E-state index in [1.165, 1.54) is 0 Å². The van der Waals surface area contributed by atoms with E-state index in [0.29, 0.717) is 10.8 Å². The van der Waals surface area contributed by atoms with Gasteiger partial charge in [-0.2, -0.15) is 0 Å². The van der Waals surface area contributed by atoms with Gasteiger partial charge in [-0.05, 0) is 19.1 Å². The number of aromatic nitrogens is 3. The minimum atomic E-state index is -0.169. The zero-order valence-electron chi connectivity index (χ0n) is 9.39. The van der Waals surface area contributed by atoms with Crippen LogP contribution in [0, 0.1) is 0 Å². The molecule has 0 N–H and O–H groups in total. The van der Waals surface area contributed by atoms with Crippen LogP contribution in [0.3, 0.4) is 0 Å². The number of ether oxygens (including phenoxy) is 1. The van der Waals surface area contributed by atoms with Crippen LogP contribution in [-0.2, 0) is 0 Å². The van der Waals surface area contributed by atoms with E-state index in [-0.39, 0.29) is 5.38 Å². The molecular formula is C11H11Cl2N3O. The molecule has 0 aliphatic rings. The fraction of sp³-hybridized carbons (Fsp3) is 0.273. The van der Waals surface area contributed by atoms with Gasteiger partial charge in [0.1, 0.15) is 11.4 Å². The first-order valence-corrected chi connectivity index (χ1v) is 5.83. The molecule has 1 aromatic heterocycles. The second-order valence-corrected chi connectivity index (χ2v) is 4.58. The van der Waals surface area contributed by atoms with Crippen molar-refractivity contribution in [3.05, 3.63) is 35.1 Å². The molecule has 2 aromatic rings. The Balaban J connectivity index is 2.38. The predicted octanol–water partition coefficient (Wildman–Crippen LogP) is 3.23. The molecule has 0 saturated heterocycles. The standard InChI is InChI=1S/C11H11Cl2N3O/c1-7(12)10-6-16(15-14-10)8-3-4-9(13)11(5-8)17-2/h3-7H,1-2H3. The summed E-state index contributed by atoms with van der Waals surface area (Å²) in [7, 11) is 1.57. The van der Waals surface area contributed by atoms with Crippen molar-refractivity contribution >= 4 is 23.2 Å². The van der Waals surface area contributed by atoms with E-state index in [0.717, 1.165) is 11.4 Å². The van der Waals surface area contributed by atoms with Crippen LogP contribution < -0.4 is 4.74 Å². The molecule has 6 heteroatoms. The zero-order chi connectivity index (χ0) is 12.4. The van der Waals surface area contributed by atoms with Gasteiger partial charge in [0.15, 0.2) is 0 Å². The van der Waals surface area contributed by atoms with Crippen LogP contribution in [-0.4, -0.2) is 22.1 Å². The molecule has 2 rings (SSSR count). The van der Waals surface area contributed by atoms with Crippen LogP contribution in [0.4, 0.5) is 0 Å². The largest absolute Gasteiger partial charge is 0.495 e. The second kappa shape index (κ2) is 4.94. The molecule has 4 nitrogen and oxygen atoms in total. The average Bonchev–Trinajstić information content (AvgIpc) is 2.79. The third-order valence-electron chi connectivity index (χ3n) is 2.32. The van der Waals surface area contributed by atoms with E-state index in [1.54, 1.807) is 30.1 Å². The molecule has 1 atom stereocenters. The number of hydrogen-bond acceptors (Lipinski definition) is 3. The smallest absolute Gasteiger partial charge is 0.139 e. The van der Waals surface area contributed by atoms with E-state index in [1.807, 2.05) is 13.0 Å². The fourth-order valence-corrected chi connectivity index (χ4v) is 1.67. The molecule has 90 valence electrons. The molecule has 0 saturated carbocycles. The topological polar surface area (TPSA) is 39.9 Å². The lowest BCUT2D eigenvalue weighted by atomic mass is 10.3. The molecule has 1 heterocycles. The van der Waals surface area contributed by atoms with Crippen molar-refractivity contribution in [3.63, 3.8) is 0 Å². The van der Waals surface area contributed by atoms with Crippen molar-refractivity contribution in [2.24, 2.45) is 0 Å². The number of alkyl halides is 1. The van der Waals surface area contributed by atoms with Crippen LogP contribution in [0.5, 0.6) is 5.75 Å². The first kappa shape index (κ1) is 12.2. The molecule has 0 bridgehead atoms. The molecule has 17 heavy (non-hydrogen) atoms. The van der Waals surface area contributed by atoms with E-state index < -0.39 is 0 Å². The molecule has 0 spiro atoms. The predicted molar refractivity (Wildman–Crippen MR) is 67.2 cm³/mol. The normalized spacial score (nSPS) is 12.5. The van der Waals surface area contributed by atoms with Crippen molar-refractivity contribution in [1.29, 1.82) is 0 Å². The summed E-state index contributed by atoms with van der Waals surface area (Å²) in [5.74, 6) is 0.597. The first-order chi connectivity index (χ1) is 8.11. The van der Waals surface area contributed by atoms with Crippen molar-refractivity contribution < 1.29 is 4.74 Å². The summed E-state index contributed by atoms with van der Waals surface area (Å²) < 4.78 is 6.77. The minimum absolute atomic E-state index is 0.169. The average molecular weight is 272 g/mol. The lowest BCUT2D eigenvalue weighted by Crippen LogP contribution is -1.96. The molecule has 0 amide bonds. The van der Waals surface area contributed by atoms with Crippen molar-refractivity contribution in [1.82, 2.24) is 15.0 Å². The summed E-state index contributed by atoms with van der Waals surface area (Å²) in [6.07, 6.45) is 1.78. The van der Waals surface area contributed by atoms with Crippen LogP contribution in [0.15, 0.2) is 24.4 Å². The van der Waals surface area contributed by atoms with Gasteiger partial charge in [-0.3, -0.25) is 0 Å². The highest BCUT2D eigenvalue weighted by atomic mass is 35.5. The number of nitrogens with zero attached hydrogens (tertiary/aromatic N) is 3. The molecule has 0 radical (unpaired) electrons. The van der Waals surface area contributed by atoms with Crippen molar-refractivity contribution in [2.45, 2.75) is 12.3 Å². The van der Waals surface area contributed by atoms with Gasteiger partial charge in [0, 0.05) is 6.07 Å². The number of methoxy groups -OCH3 is 1.